The molecule has 0 saturated heterocycles. The van der Waals surface area contributed by atoms with E-state index >= 15 is 0 Å². The van der Waals surface area contributed by atoms with E-state index < -0.39 is 5.60 Å². The third-order valence-electron chi connectivity index (χ3n) is 5.57. The highest BCUT2D eigenvalue weighted by molar-refractivity contribution is 6.30. The first kappa shape index (κ1) is 27.8. The molecule has 184 valence electrons. The summed E-state index contributed by atoms with van der Waals surface area (Å²) in [5.41, 5.74) is 0.652. The normalized spacial score (nSPS) is 12.1. The lowest BCUT2D eigenvalue weighted by atomic mass is 9.88. The highest BCUT2D eigenvalue weighted by Gasteiger charge is 2.30. The molecule has 0 saturated carbocycles. The number of hydrogen-bond donors (Lipinski definition) is 1. The Labute approximate surface area is 211 Å². The molecular formula is C26H31ClN6O2. The summed E-state index contributed by atoms with van der Waals surface area (Å²) in [5.74, 6) is 0.154. The van der Waals surface area contributed by atoms with Gasteiger partial charge in [-0.3, -0.25) is 4.79 Å². The first-order chi connectivity index (χ1) is 16.9. The molecule has 8 nitrogen and oxygen atoms in total. The van der Waals surface area contributed by atoms with Crippen molar-refractivity contribution in [3.05, 3.63) is 71.3 Å². The van der Waals surface area contributed by atoms with Gasteiger partial charge in [0.05, 0.1) is 38.1 Å². The zero-order valence-corrected chi connectivity index (χ0v) is 20.9. The van der Waals surface area contributed by atoms with E-state index in [0.29, 0.717) is 35.8 Å². The van der Waals surface area contributed by atoms with Crippen molar-refractivity contribution in [2.24, 2.45) is 0 Å². The van der Waals surface area contributed by atoms with Crippen molar-refractivity contribution >= 4 is 17.4 Å². The van der Waals surface area contributed by atoms with Gasteiger partial charge in [-0.1, -0.05) is 56.8 Å². The fourth-order valence-corrected chi connectivity index (χ4v) is 3.67. The highest BCUT2D eigenvalue weighted by Crippen LogP contribution is 2.30. The molecule has 0 aliphatic carbocycles. The van der Waals surface area contributed by atoms with Crippen LogP contribution < -0.4 is 0 Å². The van der Waals surface area contributed by atoms with Gasteiger partial charge in [-0.15, -0.1) is 0 Å². The summed E-state index contributed by atoms with van der Waals surface area (Å²) in [7, 11) is 0. The number of aromatic nitrogens is 4. The number of aliphatic hydroxyl groups is 1. The third kappa shape index (κ3) is 8.36. The van der Waals surface area contributed by atoms with Crippen LogP contribution in [0.1, 0.15) is 69.3 Å². The number of carbonyl (C=O) groups excluding carboxylic acids is 1. The van der Waals surface area contributed by atoms with Gasteiger partial charge in [-0.25, -0.2) is 9.97 Å². The number of nitrogens with zero attached hydrogens (tertiary/aromatic N) is 6. The molecule has 1 N–H and O–H groups in total. The van der Waals surface area contributed by atoms with Crippen LogP contribution in [-0.4, -0.2) is 30.0 Å². The Morgan fingerprint density at radius 3 is 2.14 bits per heavy atom. The number of ketones is 1. The van der Waals surface area contributed by atoms with E-state index in [-0.39, 0.29) is 12.3 Å². The number of rotatable bonds is 11. The van der Waals surface area contributed by atoms with Crippen LogP contribution in [0.25, 0.3) is 0 Å². The van der Waals surface area contributed by atoms with Crippen molar-refractivity contribution in [2.45, 2.75) is 71.1 Å². The molecular weight excluding hydrogens is 464 g/mol. The maximum absolute atomic E-state index is 11.4. The van der Waals surface area contributed by atoms with Gasteiger partial charge in [-0.05, 0) is 30.5 Å². The number of Topliss-reactive ketones (excluding diaryl/α,β-unsaturated/α-hetero) is 1. The molecule has 1 atom stereocenters. The Hall–Kier alpha value is -3.46. The summed E-state index contributed by atoms with van der Waals surface area (Å²) in [6, 6.07) is 11.3. The molecule has 35 heavy (non-hydrogen) atoms. The van der Waals surface area contributed by atoms with E-state index in [4.69, 9.17) is 22.1 Å². The molecule has 0 fully saturated rings. The maximum Gasteiger partial charge on any atom is 0.152 e. The Bertz CT molecular complexity index is 1160. The number of nitriles is 2. The van der Waals surface area contributed by atoms with E-state index in [1.54, 1.807) is 27.6 Å². The lowest BCUT2D eigenvalue weighted by Gasteiger charge is -2.29. The number of benzene rings is 1. The molecule has 0 aliphatic rings. The van der Waals surface area contributed by atoms with Gasteiger partial charge in [0.1, 0.15) is 29.1 Å². The lowest BCUT2D eigenvalue weighted by Crippen LogP contribution is -2.31. The van der Waals surface area contributed by atoms with Crippen LogP contribution >= 0.6 is 11.6 Å². The molecule has 3 rings (SSSR count). The number of halogens is 1. The second-order valence-corrected chi connectivity index (χ2v) is 8.76. The van der Waals surface area contributed by atoms with Crippen LogP contribution in [0.2, 0.25) is 5.02 Å². The SMILES string of the molecule is CCCCC(=O)Cn1cncc1C#N.CCCCC(O)(Cn1cncc1C#N)c1ccc(Cl)cc1. The van der Waals surface area contributed by atoms with Gasteiger partial charge in [0, 0.05) is 11.4 Å². The quantitative estimate of drug-likeness (QED) is 0.400. The average Bonchev–Trinajstić information content (AvgIpc) is 3.50. The Morgan fingerprint density at radius 2 is 1.57 bits per heavy atom. The summed E-state index contributed by atoms with van der Waals surface area (Å²) < 4.78 is 3.27. The maximum atomic E-state index is 11.4. The molecule has 1 unspecified atom stereocenters. The summed E-state index contributed by atoms with van der Waals surface area (Å²) >= 11 is 5.92. The average molecular weight is 495 g/mol. The van der Waals surface area contributed by atoms with E-state index in [2.05, 4.69) is 23.0 Å². The minimum Gasteiger partial charge on any atom is -0.383 e. The first-order valence-corrected chi connectivity index (χ1v) is 12.0. The van der Waals surface area contributed by atoms with Crippen LogP contribution in [0.15, 0.2) is 49.3 Å². The zero-order chi connectivity index (χ0) is 25.7. The molecule has 1 aromatic carbocycles. The molecule has 9 heteroatoms. The standard InChI is InChI=1S/C16H18ClN3O.C10H13N3O/c1-2-3-8-16(21,13-4-6-14(17)7-5-13)11-20-12-19-10-15(20)9-18;1-2-3-4-10(14)7-13-8-12-6-9(13)5-11/h4-7,10,12,21H,2-3,8,11H2,1H3;6,8H,2-4,7H2,1H3. The van der Waals surface area contributed by atoms with Crippen molar-refractivity contribution in [3.8, 4) is 12.1 Å². The lowest BCUT2D eigenvalue weighted by molar-refractivity contribution is -0.119. The molecule has 0 radical (unpaired) electrons. The fraction of sp³-hybridized carbons (Fsp3) is 0.423. The van der Waals surface area contributed by atoms with Gasteiger partial charge < -0.3 is 14.2 Å². The Kier molecular flexibility index (Phi) is 11.2. The van der Waals surface area contributed by atoms with Crippen LogP contribution in [-0.2, 0) is 23.5 Å². The van der Waals surface area contributed by atoms with E-state index in [1.165, 1.54) is 18.7 Å². The number of carbonyl (C=O) groups is 1. The summed E-state index contributed by atoms with van der Waals surface area (Å²) in [6.07, 6.45) is 11.1. The predicted molar refractivity (Wildman–Crippen MR) is 133 cm³/mol. The highest BCUT2D eigenvalue weighted by atomic mass is 35.5. The van der Waals surface area contributed by atoms with Gasteiger partial charge in [0.25, 0.3) is 0 Å². The number of unbranched alkanes of at least 4 members (excludes halogenated alkanes) is 2. The van der Waals surface area contributed by atoms with Crippen LogP contribution in [0, 0.1) is 22.7 Å². The minimum atomic E-state index is -1.03. The minimum absolute atomic E-state index is 0.154. The zero-order valence-electron chi connectivity index (χ0n) is 20.2. The van der Waals surface area contributed by atoms with Crippen LogP contribution in [0.5, 0.6) is 0 Å². The molecule has 2 aromatic heterocycles. The monoisotopic (exact) mass is 494 g/mol. The smallest absolute Gasteiger partial charge is 0.152 e. The van der Waals surface area contributed by atoms with E-state index in [9.17, 15) is 9.90 Å². The van der Waals surface area contributed by atoms with Crippen molar-refractivity contribution in [1.82, 2.24) is 19.1 Å². The van der Waals surface area contributed by atoms with Crippen molar-refractivity contribution in [3.63, 3.8) is 0 Å². The van der Waals surface area contributed by atoms with Gasteiger partial charge in [0.15, 0.2) is 5.78 Å². The van der Waals surface area contributed by atoms with Crippen molar-refractivity contribution in [1.29, 1.82) is 10.5 Å². The van der Waals surface area contributed by atoms with Crippen LogP contribution in [0.3, 0.4) is 0 Å². The Balaban J connectivity index is 0.000000269. The van der Waals surface area contributed by atoms with Gasteiger partial charge in [-0.2, -0.15) is 10.5 Å². The molecule has 2 heterocycles. The van der Waals surface area contributed by atoms with Crippen molar-refractivity contribution in [2.75, 3.05) is 0 Å². The fourth-order valence-electron chi connectivity index (χ4n) is 3.55. The summed E-state index contributed by atoms with van der Waals surface area (Å²) in [5, 5.41) is 29.5. The van der Waals surface area contributed by atoms with Gasteiger partial charge >= 0.3 is 0 Å². The predicted octanol–water partition coefficient (Wildman–Crippen LogP) is 5.00. The second-order valence-electron chi connectivity index (χ2n) is 8.32. The number of hydrogen-bond acceptors (Lipinski definition) is 6. The number of imidazole rings is 2. The molecule has 0 amide bonds. The van der Waals surface area contributed by atoms with Gasteiger partial charge in [0.2, 0.25) is 0 Å². The topological polar surface area (TPSA) is 121 Å². The van der Waals surface area contributed by atoms with E-state index in [0.717, 1.165) is 31.2 Å². The summed E-state index contributed by atoms with van der Waals surface area (Å²) in [6.45, 7) is 4.70. The van der Waals surface area contributed by atoms with E-state index in [1.807, 2.05) is 25.1 Å². The third-order valence-corrected chi connectivity index (χ3v) is 5.82. The first-order valence-electron chi connectivity index (χ1n) is 11.7. The molecule has 0 aliphatic heterocycles. The second kappa shape index (κ2) is 14.1. The molecule has 0 spiro atoms. The van der Waals surface area contributed by atoms with Crippen molar-refractivity contribution < 1.29 is 9.90 Å². The largest absolute Gasteiger partial charge is 0.383 e. The molecule has 3 aromatic rings. The van der Waals surface area contributed by atoms with Crippen LogP contribution in [0.4, 0.5) is 0 Å². The Morgan fingerprint density at radius 1 is 1.00 bits per heavy atom. The summed E-state index contributed by atoms with van der Waals surface area (Å²) in [4.78, 5) is 19.2. The molecule has 0 bridgehead atoms.